The molecule has 36 heteroatoms. The monoisotopic (exact) mass is 1580 g/mol. The average molecular weight is 1590 g/mol. The van der Waals surface area contributed by atoms with Gasteiger partial charge in [0.15, 0.2) is 29.0 Å². The minimum Gasteiger partial charge on any atom is -0.477 e. The van der Waals surface area contributed by atoms with Gasteiger partial charge in [-0.2, -0.15) is 0 Å². The van der Waals surface area contributed by atoms with Crippen LogP contribution in [0.15, 0.2) is 195 Å². The van der Waals surface area contributed by atoms with Crippen LogP contribution in [0.1, 0.15) is 78.6 Å². The van der Waals surface area contributed by atoms with Gasteiger partial charge in [-0.1, -0.05) is 12.1 Å². The number of hydrogen-bond acceptors (Lipinski definition) is 22. The number of amides is 8. The Hall–Kier alpha value is -16.3. The van der Waals surface area contributed by atoms with E-state index in [1.807, 2.05) is 153 Å². The summed E-state index contributed by atoms with van der Waals surface area (Å²) in [4.78, 5) is 155. The molecule has 3 saturated heterocycles. The third-order valence-electron chi connectivity index (χ3n) is 19.2. The van der Waals surface area contributed by atoms with E-state index >= 15 is 0 Å². The van der Waals surface area contributed by atoms with Crippen molar-refractivity contribution in [3.63, 3.8) is 0 Å². The van der Waals surface area contributed by atoms with Gasteiger partial charge in [0.2, 0.25) is 23.6 Å². The van der Waals surface area contributed by atoms with E-state index in [2.05, 4.69) is 119 Å². The molecule has 4 atom stereocenters. The molecule has 0 radical (unpaired) electrons. The van der Waals surface area contributed by atoms with Crippen molar-refractivity contribution in [1.29, 1.82) is 0 Å². The molecule has 118 heavy (non-hydrogen) atoms. The molecule has 594 valence electrons. The minimum atomic E-state index is -1.15. The van der Waals surface area contributed by atoms with E-state index in [0.29, 0.717) is 91.0 Å². The number of carboxylic acid groups (broad SMARTS) is 1. The highest BCUT2D eigenvalue weighted by Crippen LogP contribution is 2.30. The van der Waals surface area contributed by atoms with Crippen molar-refractivity contribution >= 4 is 131 Å². The Morgan fingerprint density at radius 1 is 0.398 bits per heavy atom. The number of carbonyl (C=O) groups excluding carboxylic acids is 8. The van der Waals surface area contributed by atoms with Gasteiger partial charge >= 0.3 is 5.97 Å². The second-order valence-corrected chi connectivity index (χ2v) is 27.4. The summed E-state index contributed by atoms with van der Waals surface area (Å²) < 4.78 is 2.06. The Morgan fingerprint density at radius 2 is 0.746 bits per heavy atom. The minimum absolute atomic E-state index is 0.0494. The van der Waals surface area contributed by atoms with Crippen molar-refractivity contribution in [2.24, 2.45) is 35.7 Å². The SMILES string of the molecule is C[C@H](Nc1cc(C(N)=O)nc(-c2ccc3[nH]ccc3c2)n1)C(N)=O.Cn1ccc2cc(-c3cccc(C(N)=O)n3)ccc21.NC(=O)c1cc(NC2CCNC2=O)nc(-c2ccc3[nH]ccc3c2)n1.NC(=O)c1cc(NC2CCNC2=O)nc(-c2ccc3[nH]ccc3c2)n1.O=C(O)c1cc(NC2CCNC2=O)nc(-c2ccc3[nH]ccc3c2)n1. The Kier molecular flexibility index (Phi) is 22.8. The highest BCUT2D eigenvalue weighted by Gasteiger charge is 2.29. The number of pyridine rings is 1. The Morgan fingerprint density at radius 3 is 1.10 bits per heavy atom. The van der Waals surface area contributed by atoms with Crippen molar-refractivity contribution in [1.82, 2.24) is 85.3 Å². The lowest BCUT2D eigenvalue weighted by atomic mass is 10.1. The first-order chi connectivity index (χ1) is 56.9. The van der Waals surface area contributed by atoms with Crippen LogP contribution in [0.2, 0.25) is 0 Å². The van der Waals surface area contributed by atoms with Gasteiger partial charge in [0.1, 0.15) is 70.2 Å². The van der Waals surface area contributed by atoms with Crippen LogP contribution in [0.5, 0.6) is 0 Å². The number of primary amides is 5. The maximum atomic E-state index is 11.8. The molecule has 3 unspecified atom stereocenters. The number of nitrogens with two attached hydrogens (primary N) is 5. The fourth-order valence-corrected chi connectivity index (χ4v) is 13.1. The predicted octanol–water partition coefficient (Wildman–Crippen LogP) is 7.02. The molecule has 22 N–H and O–H groups in total. The van der Waals surface area contributed by atoms with Crippen molar-refractivity contribution in [2.45, 2.75) is 50.4 Å². The van der Waals surface area contributed by atoms with Gasteiger partial charge in [-0.05, 0) is 154 Å². The summed E-state index contributed by atoms with van der Waals surface area (Å²) in [5.74, 6) is -1.69. The van der Waals surface area contributed by atoms with Gasteiger partial charge in [-0.15, -0.1) is 0 Å². The zero-order chi connectivity index (χ0) is 82.8. The maximum Gasteiger partial charge on any atom is 0.354 e. The topological polar surface area (TPSA) is 572 Å². The van der Waals surface area contributed by atoms with Crippen LogP contribution in [-0.2, 0) is 26.2 Å². The standard InChI is InChI=1S/2C17H16N6O2.C17H15N5O3.C16H16N6O2.C15H13N3O/c2*18-15(24)13-8-14(21-12-4-6-20-17(12)25)23-16(22-13)10-1-2-11-9(7-10)3-5-19-11;23-16-12(4-6-19-16)20-14-8-13(17(24)25)21-15(22-14)10-1-2-11-9(7-10)3-5-18-11;1-8(14(17)23)20-13-7-12(15(18)24)21-16(22-13)10-2-3-11-9(6-10)4-5-19-11;1-18-8-7-11-9-10(5-6-14(11)18)12-3-2-4-13(17-12)15(16)19/h2*1-3,5,7-8,12,19H,4,6H2,(H2,18,24)(H,20,25)(H,21,22,23);1-3,5,7-8,12,18H,4,6H2,(H,19,23)(H,24,25)(H,20,21,22);2-8,19H,1H3,(H2,17,23)(H2,18,24)(H,20,21,22);2-9H,1H3,(H2,16,19)/t;;;8-;/m...0./s1. The van der Waals surface area contributed by atoms with E-state index in [1.54, 1.807) is 19.1 Å². The number of fused-ring (bicyclic) bond motifs is 5. The molecule has 8 amide bonds. The number of carboxylic acids is 1. The zero-order valence-corrected chi connectivity index (χ0v) is 63.0. The van der Waals surface area contributed by atoms with Crippen LogP contribution in [-0.4, -0.2) is 171 Å². The molecule has 3 aliphatic rings. The molecule has 18 rings (SSSR count). The summed E-state index contributed by atoms with van der Waals surface area (Å²) in [6.07, 6.45) is 11.3. The summed E-state index contributed by atoms with van der Waals surface area (Å²) >= 11 is 0. The highest BCUT2D eigenvalue weighted by atomic mass is 16.4. The number of H-pyrrole nitrogens is 4. The van der Waals surface area contributed by atoms with Gasteiger partial charge in [-0.25, -0.2) is 49.7 Å². The number of aromatic amines is 4. The average Bonchev–Trinajstić information content (AvgIpc) is 1.55. The van der Waals surface area contributed by atoms with Gasteiger partial charge in [0.05, 0.1) is 5.69 Å². The summed E-state index contributed by atoms with van der Waals surface area (Å²) in [5.41, 5.74) is 36.8. The van der Waals surface area contributed by atoms with E-state index in [9.17, 15) is 48.3 Å². The second kappa shape index (κ2) is 34.4. The Bertz CT molecular complexity index is 6050. The van der Waals surface area contributed by atoms with E-state index in [4.69, 9.17) is 28.7 Å². The van der Waals surface area contributed by atoms with Gasteiger partial charge in [0.25, 0.3) is 23.6 Å². The smallest absolute Gasteiger partial charge is 0.354 e. The molecule has 0 saturated carbocycles. The fraction of sp³-hybridized carbons (Fsp3) is 0.146. The first-order valence-corrected chi connectivity index (χ1v) is 36.9. The highest BCUT2D eigenvalue weighted by molar-refractivity contribution is 5.97. The van der Waals surface area contributed by atoms with E-state index in [-0.39, 0.29) is 58.3 Å². The molecule has 0 bridgehead atoms. The zero-order valence-electron chi connectivity index (χ0n) is 63.0. The third kappa shape index (κ3) is 18.4. The van der Waals surface area contributed by atoms with Crippen molar-refractivity contribution in [3.05, 3.63) is 223 Å². The third-order valence-corrected chi connectivity index (χ3v) is 19.2. The summed E-state index contributed by atoms with van der Waals surface area (Å²) in [5, 5.41) is 34.6. The number of hydrogen-bond donors (Lipinski definition) is 17. The van der Waals surface area contributed by atoms with Gasteiger partial charge in [-0.3, -0.25) is 38.4 Å². The predicted molar refractivity (Wildman–Crippen MR) is 442 cm³/mol. The number of nitrogens with zero attached hydrogens (tertiary/aromatic N) is 10. The molecule has 0 spiro atoms. The number of aromatic nitrogens is 14. The normalized spacial score (nSPS) is 14.9. The molecule has 0 aliphatic carbocycles. The lowest BCUT2D eigenvalue weighted by Crippen LogP contribution is -2.33. The molecular weight excluding hydrogens is 1510 g/mol. The fourth-order valence-electron chi connectivity index (χ4n) is 13.1. The van der Waals surface area contributed by atoms with E-state index in [0.717, 1.165) is 82.5 Å². The van der Waals surface area contributed by atoms with Crippen molar-refractivity contribution in [3.8, 4) is 56.8 Å². The number of carbonyl (C=O) groups is 9. The number of aryl methyl sites for hydroxylation is 1. The maximum absolute atomic E-state index is 11.8. The van der Waals surface area contributed by atoms with Crippen LogP contribution in [0, 0.1) is 0 Å². The molecule has 15 aromatic rings. The van der Waals surface area contributed by atoms with Crippen molar-refractivity contribution in [2.75, 3.05) is 40.9 Å². The van der Waals surface area contributed by atoms with E-state index in [1.165, 1.54) is 24.3 Å². The molecule has 3 aliphatic heterocycles. The molecule has 10 aromatic heterocycles. The number of anilines is 4. The summed E-state index contributed by atoms with van der Waals surface area (Å²) in [6.45, 7) is 3.41. The Balaban J connectivity index is 0.000000122. The van der Waals surface area contributed by atoms with Gasteiger partial charge in [0, 0.05) is 164 Å². The Labute approximate surface area is 668 Å². The number of benzene rings is 5. The molecule has 36 nitrogen and oxygen atoms in total. The van der Waals surface area contributed by atoms with Crippen LogP contribution in [0.3, 0.4) is 0 Å². The van der Waals surface area contributed by atoms with Crippen LogP contribution >= 0.6 is 0 Å². The van der Waals surface area contributed by atoms with Gasteiger partial charge < -0.3 is 95.5 Å². The first kappa shape index (κ1) is 78.4. The molecule has 3 fully saturated rings. The molecular formula is C82H76N26O10. The number of rotatable bonds is 19. The molecule has 13 heterocycles. The summed E-state index contributed by atoms with van der Waals surface area (Å²) in [7, 11) is 2.01. The first-order valence-electron chi connectivity index (χ1n) is 36.9. The van der Waals surface area contributed by atoms with Crippen molar-refractivity contribution < 1.29 is 48.3 Å². The van der Waals surface area contributed by atoms with Crippen LogP contribution < -0.4 is 65.9 Å². The summed E-state index contributed by atoms with van der Waals surface area (Å²) in [6, 6.07) is 47.6. The number of aromatic carboxylic acids is 1. The number of nitrogens with one attached hydrogen (secondary N) is 11. The van der Waals surface area contributed by atoms with Crippen LogP contribution in [0.25, 0.3) is 111 Å². The van der Waals surface area contributed by atoms with E-state index < -0.39 is 47.6 Å². The second-order valence-electron chi connectivity index (χ2n) is 27.4. The quantitative estimate of drug-likeness (QED) is 0.0386. The molecule has 5 aromatic carbocycles. The largest absolute Gasteiger partial charge is 0.477 e. The van der Waals surface area contributed by atoms with Crippen LogP contribution in [0.4, 0.5) is 23.3 Å². The lowest BCUT2D eigenvalue weighted by molar-refractivity contribution is -0.120. The lowest BCUT2D eigenvalue weighted by Gasteiger charge is -2.12.